The standard InChI is InChI=1S/C11H23NO2/c1-2-10(14)7-12-11-6-4-3-5-9(11)8-13/h9-14H,2-8H2,1H3/t9-,10-,11-/m1/s1. The normalized spacial score (nSPS) is 30.2. The van der Waals surface area contributed by atoms with E-state index in [0.29, 0.717) is 18.5 Å². The quantitative estimate of drug-likeness (QED) is 0.619. The highest BCUT2D eigenvalue weighted by Crippen LogP contribution is 2.23. The molecule has 0 unspecified atom stereocenters. The number of rotatable bonds is 5. The minimum atomic E-state index is -0.240. The van der Waals surface area contributed by atoms with Crippen molar-refractivity contribution in [3.8, 4) is 0 Å². The highest BCUT2D eigenvalue weighted by Gasteiger charge is 2.24. The van der Waals surface area contributed by atoms with Crippen molar-refractivity contribution in [2.75, 3.05) is 13.2 Å². The lowest BCUT2D eigenvalue weighted by Gasteiger charge is -2.31. The van der Waals surface area contributed by atoms with E-state index in [4.69, 9.17) is 0 Å². The van der Waals surface area contributed by atoms with Gasteiger partial charge in [0.05, 0.1) is 6.10 Å². The van der Waals surface area contributed by atoms with E-state index in [9.17, 15) is 10.2 Å². The summed E-state index contributed by atoms with van der Waals surface area (Å²) in [5.41, 5.74) is 0. The molecule has 14 heavy (non-hydrogen) atoms. The first kappa shape index (κ1) is 12.0. The summed E-state index contributed by atoms with van der Waals surface area (Å²) < 4.78 is 0. The average molecular weight is 201 g/mol. The first-order valence-electron chi connectivity index (χ1n) is 5.80. The van der Waals surface area contributed by atoms with Gasteiger partial charge in [-0.3, -0.25) is 0 Å². The second kappa shape index (κ2) is 6.38. The number of hydrogen-bond acceptors (Lipinski definition) is 3. The fraction of sp³-hybridized carbons (Fsp3) is 1.00. The molecule has 0 aromatic carbocycles. The molecule has 0 saturated heterocycles. The summed E-state index contributed by atoms with van der Waals surface area (Å²) in [6.45, 7) is 2.92. The molecule has 84 valence electrons. The van der Waals surface area contributed by atoms with Gasteiger partial charge in [0.2, 0.25) is 0 Å². The molecule has 1 aliphatic carbocycles. The van der Waals surface area contributed by atoms with Gasteiger partial charge in [0.15, 0.2) is 0 Å². The SMILES string of the molecule is CC[C@@H](O)CN[C@@H]1CCCC[C@@H]1CO. The van der Waals surface area contributed by atoms with E-state index in [1.54, 1.807) is 0 Å². The van der Waals surface area contributed by atoms with E-state index in [-0.39, 0.29) is 12.7 Å². The molecule has 1 fully saturated rings. The highest BCUT2D eigenvalue weighted by molar-refractivity contribution is 4.81. The molecule has 0 radical (unpaired) electrons. The van der Waals surface area contributed by atoms with Crippen LogP contribution < -0.4 is 5.32 Å². The summed E-state index contributed by atoms with van der Waals surface area (Å²) in [6, 6.07) is 0.412. The van der Waals surface area contributed by atoms with Crippen molar-refractivity contribution >= 4 is 0 Å². The zero-order valence-electron chi connectivity index (χ0n) is 9.08. The molecule has 0 amide bonds. The fourth-order valence-electron chi connectivity index (χ4n) is 2.13. The lowest BCUT2D eigenvalue weighted by atomic mass is 9.85. The Hall–Kier alpha value is -0.120. The largest absolute Gasteiger partial charge is 0.396 e. The Balaban J connectivity index is 2.26. The third kappa shape index (κ3) is 3.56. The van der Waals surface area contributed by atoms with Crippen LogP contribution in [-0.2, 0) is 0 Å². The molecule has 3 atom stereocenters. The first-order chi connectivity index (χ1) is 6.77. The highest BCUT2D eigenvalue weighted by atomic mass is 16.3. The second-order valence-electron chi connectivity index (χ2n) is 4.30. The van der Waals surface area contributed by atoms with Gasteiger partial charge >= 0.3 is 0 Å². The molecular weight excluding hydrogens is 178 g/mol. The Bertz CT molecular complexity index is 152. The lowest BCUT2D eigenvalue weighted by molar-refractivity contribution is 0.125. The third-order valence-electron chi connectivity index (χ3n) is 3.23. The maximum absolute atomic E-state index is 9.42. The molecule has 0 heterocycles. The van der Waals surface area contributed by atoms with E-state index in [1.165, 1.54) is 12.8 Å². The van der Waals surface area contributed by atoms with Crippen molar-refractivity contribution in [3.63, 3.8) is 0 Å². The predicted molar refractivity (Wildman–Crippen MR) is 57.1 cm³/mol. The van der Waals surface area contributed by atoms with Gasteiger partial charge in [0.25, 0.3) is 0 Å². The van der Waals surface area contributed by atoms with Gasteiger partial charge < -0.3 is 15.5 Å². The van der Waals surface area contributed by atoms with Crippen LogP contribution in [0, 0.1) is 5.92 Å². The zero-order valence-corrected chi connectivity index (χ0v) is 9.08. The van der Waals surface area contributed by atoms with E-state index in [2.05, 4.69) is 5.32 Å². The van der Waals surface area contributed by atoms with Crippen LogP contribution in [0.15, 0.2) is 0 Å². The Morgan fingerprint density at radius 1 is 1.36 bits per heavy atom. The van der Waals surface area contributed by atoms with Gasteiger partial charge in [-0.15, -0.1) is 0 Å². The molecule has 3 nitrogen and oxygen atoms in total. The van der Waals surface area contributed by atoms with E-state index in [1.807, 2.05) is 6.92 Å². The summed E-state index contributed by atoms with van der Waals surface area (Å²) in [6.07, 6.45) is 5.30. The van der Waals surface area contributed by atoms with Crippen LogP contribution in [0.3, 0.4) is 0 Å². The maximum atomic E-state index is 9.42. The molecule has 0 bridgehead atoms. The van der Waals surface area contributed by atoms with E-state index >= 15 is 0 Å². The molecule has 1 saturated carbocycles. The van der Waals surface area contributed by atoms with Crippen LogP contribution in [0.5, 0.6) is 0 Å². The lowest BCUT2D eigenvalue weighted by Crippen LogP contribution is -2.43. The molecule has 0 spiro atoms. The van der Waals surface area contributed by atoms with Crippen LogP contribution in [0.1, 0.15) is 39.0 Å². The average Bonchev–Trinajstić information content (AvgIpc) is 2.26. The number of aliphatic hydroxyl groups excluding tert-OH is 2. The molecule has 1 aliphatic rings. The van der Waals surface area contributed by atoms with E-state index < -0.39 is 0 Å². The van der Waals surface area contributed by atoms with Crippen LogP contribution in [0.2, 0.25) is 0 Å². The van der Waals surface area contributed by atoms with Crippen molar-refractivity contribution < 1.29 is 10.2 Å². The van der Waals surface area contributed by atoms with Crippen molar-refractivity contribution in [2.45, 2.75) is 51.2 Å². The number of aliphatic hydroxyl groups is 2. The van der Waals surface area contributed by atoms with Gasteiger partial charge in [-0.25, -0.2) is 0 Å². The smallest absolute Gasteiger partial charge is 0.0662 e. The van der Waals surface area contributed by atoms with Gasteiger partial charge in [-0.05, 0) is 25.2 Å². The fourth-order valence-corrected chi connectivity index (χ4v) is 2.13. The van der Waals surface area contributed by atoms with Crippen LogP contribution in [0.4, 0.5) is 0 Å². The van der Waals surface area contributed by atoms with Gasteiger partial charge in [0.1, 0.15) is 0 Å². The van der Waals surface area contributed by atoms with Crippen LogP contribution in [-0.4, -0.2) is 35.5 Å². The Morgan fingerprint density at radius 3 is 2.71 bits per heavy atom. The van der Waals surface area contributed by atoms with E-state index in [0.717, 1.165) is 19.3 Å². The first-order valence-corrected chi connectivity index (χ1v) is 5.80. The summed E-state index contributed by atoms with van der Waals surface area (Å²) in [4.78, 5) is 0. The molecular formula is C11H23NO2. The van der Waals surface area contributed by atoms with Crippen molar-refractivity contribution in [2.24, 2.45) is 5.92 Å². The second-order valence-corrected chi connectivity index (χ2v) is 4.30. The minimum Gasteiger partial charge on any atom is -0.396 e. The summed E-state index contributed by atoms with van der Waals surface area (Å²) in [5, 5.41) is 22.0. The van der Waals surface area contributed by atoms with Gasteiger partial charge in [-0.2, -0.15) is 0 Å². The summed E-state index contributed by atoms with van der Waals surface area (Å²) in [7, 11) is 0. The Morgan fingerprint density at radius 2 is 2.07 bits per heavy atom. The molecule has 0 aromatic rings. The summed E-state index contributed by atoms with van der Waals surface area (Å²) >= 11 is 0. The molecule has 1 rings (SSSR count). The monoisotopic (exact) mass is 201 g/mol. The molecule has 3 heteroatoms. The Labute approximate surface area is 86.5 Å². The number of nitrogens with one attached hydrogen (secondary N) is 1. The minimum absolute atomic E-state index is 0.240. The molecule has 0 aromatic heterocycles. The third-order valence-corrected chi connectivity index (χ3v) is 3.23. The van der Waals surface area contributed by atoms with Crippen LogP contribution >= 0.6 is 0 Å². The zero-order chi connectivity index (χ0) is 10.4. The van der Waals surface area contributed by atoms with Crippen molar-refractivity contribution in [3.05, 3.63) is 0 Å². The van der Waals surface area contributed by atoms with Crippen molar-refractivity contribution in [1.29, 1.82) is 0 Å². The topological polar surface area (TPSA) is 52.5 Å². The Kier molecular flexibility index (Phi) is 5.45. The predicted octanol–water partition coefficient (Wildman–Crippen LogP) is 0.898. The number of hydrogen-bond donors (Lipinski definition) is 3. The molecule has 0 aliphatic heterocycles. The molecule has 3 N–H and O–H groups in total. The summed E-state index contributed by atoms with van der Waals surface area (Å²) in [5.74, 6) is 0.396. The van der Waals surface area contributed by atoms with Gasteiger partial charge in [0, 0.05) is 19.2 Å². The van der Waals surface area contributed by atoms with Crippen LogP contribution in [0.25, 0.3) is 0 Å². The van der Waals surface area contributed by atoms with Crippen molar-refractivity contribution in [1.82, 2.24) is 5.32 Å². The van der Waals surface area contributed by atoms with Gasteiger partial charge in [-0.1, -0.05) is 19.8 Å². The maximum Gasteiger partial charge on any atom is 0.0662 e.